The van der Waals surface area contributed by atoms with E-state index in [1.165, 1.54) is 7.11 Å². The highest BCUT2D eigenvalue weighted by atomic mass is 35.5. The van der Waals surface area contributed by atoms with Gasteiger partial charge in [-0.1, -0.05) is 11.6 Å². The number of nitrogens with one attached hydrogen (secondary N) is 1. The zero-order chi connectivity index (χ0) is 13.4. The average Bonchev–Trinajstić information content (AvgIpc) is 3.07. The Bertz CT molecular complexity index is 443. The number of hydrogen-bond donors (Lipinski definition) is 1. The van der Waals surface area contributed by atoms with E-state index >= 15 is 0 Å². The Morgan fingerprint density at radius 3 is 2.56 bits per heavy atom. The summed E-state index contributed by atoms with van der Waals surface area (Å²) in [5, 5.41) is 3.04. The molecule has 0 aromatic heterocycles. The van der Waals surface area contributed by atoms with Gasteiger partial charge >= 0.3 is 6.18 Å². The quantitative estimate of drug-likeness (QED) is 0.910. The van der Waals surface area contributed by atoms with E-state index in [1.54, 1.807) is 18.2 Å². The molecule has 0 aliphatic heterocycles. The third-order valence-corrected chi connectivity index (χ3v) is 3.39. The summed E-state index contributed by atoms with van der Waals surface area (Å²) in [6, 6.07) is 4.90. The molecule has 1 fully saturated rings. The second-order valence-corrected chi connectivity index (χ2v) is 4.83. The number of alkyl halides is 3. The van der Waals surface area contributed by atoms with Gasteiger partial charge in [-0.15, -0.1) is 0 Å². The summed E-state index contributed by atoms with van der Waals surface area (Å²) in [7, 11) is 1.48. The van der Waals surface area contributed by atoms with E-state index in [4.69, 9.17) is 16.3 Å². The van der Waals surface area contributed by atoms with Crippen LogP contribution in [-0.4, -0.2) is 18.8 Å². The Morgan fingerprint density at radius 1 is 1.39 bits per heavy atom. The molecule has 2 rings (SSSR count). The third-order valence-electron chi connectivity index (χ3n) is 3.15. The van der Waals surface area contributed by atoms with Crippen molar-refractivity contribution in [2.24, 2.45) is 0 Å². The van der Waals surface area contributed by atoms with Crippen molar-refractivity contribution in [1.82, 2.24) is 5.32 Å². The van der Waals surface area contributed by atoms with Gasteiger partial charge in [0.1, 0.15) is 11.3 Å². The molecule has 0 unspecified atom stereocenters. The molecule has 1 aliphatic rings. The fourth-order valence-electron chi connectivity index (χ4n) is 1.84. The molecule has 100 valence electrons. The van der Waals surface area contributed by atoms with Gasteiger partial charge in [-0.2, -0.15) is 13.2 Å². The van der Waals surface area contributed by atoms with Crippen molar-refractivity contribution in [3.8, 4) is 5.75 Å². The van der Waals surface area contributed by atoms with Crippen LogP contribution >= 0.6 is 11.6 Å². The lowest BCUT2D eigenvalue weighted by Gasteiger charge is -2.21. The fourth-order valence-corrected chi connectivity index (χ4v) is 2.03. The topological polar surface area (TPSA) is 21.3 Å². The van der Waals surface area contributed by atoms with E-state index in [-0.39, 0.29) is 19.4 Å². The third kappa shape index (κ3) is 2.57. The minimum Gasteiger partial charge on any atom is -0.496 e. The monoisotopic (exact) mass is 279 g/mol. The molecule has 0 saturated heterocycles. The first-order valence-electron chi connectivity index (χ1n) is 5.52. The highest BCUT2D eigenvalue weighted by Crippen LogP contribution is 2.49. The second-order valence-electron chi connectivity index (χ2n) is 4.39. The summed E-state index contributed by atoms with van der Waals surface area (Å²) in [6.07, 6.45) is -3.96. The number of benzene rings is 1. The number of methoxy groups -OCH3 is 1. The van der Waals surface area contributed by atoms with Crippen LogP contribution in [0.3, 0.4) is 0 Å². The summed E-state index contributed by atoms with van der Waals surface area (Å²) < 4.78 is 43.3. The van der Waals surface area contributed by atoms with Crippen molar-refractivity contribution in [3.63, 3.8) is 0 Å². The van der Waals surface area contributed by atoms with Crippen molar-refractivity contribution in [1.29, 1.82) is 0 Å². The van der Waals surface area contributed by atoms with Gasteiger partial charge in [0, 0.05) is 17.1 Å². The highest BCUT2D eigenvalue weighted by molar-refractivity contribution is 6.30. The SMILES string of the molecule is COc1ccc(Cl)cc1CNC1(C(F)(F)F)CC1. The maximum Gasteiger partial charge on any atom is 0.406 e. The van der Waals surface area contributed by atoms with E-state index in [0.29, 0.717) is 16.3 Å². The van der Waals surface area contributed by atoms with Gasteiger partial charge in [0.05, 0.1) is 7.11 Å². The molecule has 1 saturated carbocycles. The molecular formula is C12H13ClF3NO. The van der Waals surface area contributed by atoms with Crippen molar-refractivity contribution >= 4 is 11.6 Å². The van der Waals surface area contributed by atoms with Crippen molar-refractivity contribution < 1.29 is 17.9 Å². The molecule has 0 amide bonds. The first-order valence-corrected chi connectivity index (χ1v) is 5.90. The van der Waals surface area contributed by atoms with Gasteiger partial charge in [-0.3, -0.25) is 5.32 Å². The van der Waals surface area contributed by atoms with E-state index in [1.807, 2.05) is 0 Å². The summed E-state index contributed by atoms with van der Waals surface area (Å²) in [5.74, 6) is 0.532. The zero-order valence-corrected chi connectivity index (χ0v) is 10.5. The maximum absolute atomic E-state index is 12.7. The number of halogens is 4. The molecule has 0 radical (unpaired) electrons. The van der Waals surface area contributed by atoms with Crippen LogP contribution in [-0.2, 0) is 6.54 Å². The zero-order valence-electron chi connectivity index (χ0n) is 9.77. The van der Waals surface area contributed by atoms with Crippen LogP contribution in [0.15, 0.2) is 18.2 Å². The van der Waals surface area contributed by atoms with Gasteiger partial charge in [-0.05, 0) is 31.0 Å². The van der Waals surface area contributed by atoms with Crippen LogP contribution in [0.25, 0.3) is 0 Å². The number of rotatable bonds is 4. The molecule has 1 aromatic carbocycles. The Morgan fingerprint density at radius 2 is 2.06 bits per heavy atom. The normalized spacial score (nSPS) is 17.6. The molecule has 18 heavy (non-hydrogen) atoms. The highest BCUT2D eigenvalue weighted by Gasteiger charge is 2.62. The molecule has 1 aromatic rings. The maximum atomic E-state index is 12.7. The largest absolute Gasteiger partial charge is 0.496 e. The Balaban J connectivity index is 2.09. The van der Waals surface area contributed by atoms with Crippen LogP contribution in [0.2, 0.25) is 5.02 Å². The average molecular weight is 280 g/mol. The van der Waals surface area contributed by atoms with Gasteiger partial charge < -0.3 is 4.74 Å². The van der Waals surface area contributed by atoms with Crippen LogP contribution in [0.5, 0.6) is 5.75 Å². The Hall–Kier alpha value is -0.940. The number of hydrogen-bond acceptors (Lipinski definition) is 2. The van der Waals surface area contributed by atoms with Crippen molar-refractivity contribution in [2.45, 2.75) is 31.1 Å². The predicted molar refractivity (Wildman–Crippen MR) is 62.9 cm³/mol. The Kier molecular flexibility index (Phi) is 3.47. The lowest BCUT2D eigenvalue weighted by atomic mass is 10.1. The van der Waals surface area contributed by atoms with E-state index in [9.17, 15) is 13.2 Å². The molecule has 0 heterocycles. The molecule has 2 nitrogen and oxygen atoms in total. The molecular weight excluding hydrogens is 267 g/mol. The van der Waals surface area contributed by atoms with E-state index in [0.717, 1.165) is 0 Å². The Labute approximate surface area is 108 Å². The summed E-state index contributed by atoms with van der Waals surface area (Å²) >= 11 is 5.82. The van der Waals surface area contributed by atoms with Crippen LogP contribution in [0.1, 0.15) is 18.4 Å². The molecule has 1 aliphatic carbocycles. The van der Waals surface area contributed by atoms with Crippen LogP contribution < -0.4 is 10.1 Å². The second kappa shape index (κ2) is 4.63. The molecule has 6 heteroatoms. The van der Waals surface area contributed by atoms with Crippen molar-refractivity contribution in [3.05, 3.63) is 28.8 Å². The summed E-state index contributed by atoms with van der Waals surface area (Å²) in [6.45, 7) is 0.0866. The van der Waals surface area contributed by atoms with Gasteiger partial charge in [-0.25, -0.2) is 0 Å². The van der Waals surface area contributed by atoms with Gasteiger partial charge in [0.15, 0.2) is 0 Å². The standard InChI is InChI=1S/C12H13ClF3NO/c1-18-10-3-2-9(13)6-8(10)7-17-11(4-5-11)12(14,15)16/h2-3,6,17H,4-5,7H2,1H3. The smallest absolute Gasteiger partial charge is 0.406 e. The lowest BCUT2D eigenvalue weighted by molar-refractivity contribution is -0.166. The van der Waals surface area contributed by atoms with Gasteiger partial charge in [0.25, 0.3) is 0 Å². The van der Waals surface area contributed by atoms with E-state index in [2.05, 4.69) is 5.32 Å². The minimum atomic E-state index is -4.21. The van der Waals surface area contributed by atoms with Crippen LogP contribution in [0, 0.1) is 0 Å². The predicted octanol–water partition coefficient (Wildman–Crippen LogP) is 3.53. The lowest BCUT2D eigenvalue weighted by Crippen LogP contribution is -2.44. The molecule has 0 spiro atoms. The first kappa shape index (κ1) is 13.5. The molecule has 1 N–H and O–H groups in total. The van der Waals surface area contributed by atoms with E-state index < -0.39 is 11.7 Å². The number of ether oxygens (including phenoxy) is 1. The summed E-state index contributed by atoms with van der Waals surface area (Å²) in [5.41, 5.74) is -1.10. The molecule has 0 atom stereocenters. The fraction of sp³-hybridized carbons (Fsp3) is 0.500. The molecule has 0 bridgehead atoms. The first-order chi connectivity index (χ1) is 8.38. The summed E-state index contributed by atoms with van der Waals surface area (Å²) in [4.78, 5) is 0. The minimum absolute atomic E-state index is 0.0866. The van der Waals surface area contributed by atoms with Gasteiger partial charge in [0.2, 0.25) is 0 Å². The van der Waals surface area contributed by atoms with Crippen molar-refractivity contribution in [2.75, 3.05) is 7.11 Å². The van der Waals surface area contributed by atoms with Crippen LogP contribution in [0.4, 0.5) is 13.2 Å².